The number of sulfonamides is 1. The number of alkyl halides is 3. The average molecular weight is 394 g/mol. The molecule has 0 aliphatic carbocycles. The van der Waals surface area contributed by atoms with E-state index in [1.165, 1.54) is 11.4 Å². The number of hydrogen-bond donors (Lipinski definition) is 0. The van der Waals surface area contributed by atoms with Crippen LogP contribution in [-0.2, 0) is 28.0 Å². The Balaban J connectivity index is 1.37. The Morgan fingerprint density at radius 1 is 1.31 bits per heavy atom. The second kappa shape index (κ2) is 5.91. The first-order valence-electron chi connectivity index (χ1n) is 8.51. The molecule has 0 bridgehead atoms. The molecule has 0 saturated carbocycles. The van der Waals surface area contributed by atoms with Crippen molar-refractivity contribution in [1.29, 1.82) is 0 Å². The molecule has 1 unspecified atom stereocenters. The number of aryl methyl sites for hydroxylation is 1. The van der Waals surface area contributed by atoms with Crippen LogP contribution in [0.1, 0.15) is 12.1 Å². The van der Waals surface area contributed by atoms with Crippen molar-refractivity contribution in [3.8, 4) is 0 Å². The Hall–Kier alpha value is -1.17. The van der Waals surface area contributed by atoms with Gasteiger partial charge in [-0.3, -0.25) is 4.68 Å². The van der Waals surface area contributed by atoms with E-state index in [0.717, 1.165) is 44.0 Å². The second-order valence-electron chi connectivity index (χ2n) is 7.66. The molecule has 1 spiro atoms. The molecule has 1 aromatic heterocycles. The zero-order valence-electron chi connectivity index (χ0n) is 14.4. The Morgan fingerprint density at radius 3 is 2.54 bits per heavy atom. The fourth-order valence-corrected chi connectivity index (χ4v) is 5.95. The maximum Gasteiger partial charge on any atom is 0.435 e. The van der Waals surface area contributed by atoms with Gasteiger partial charge < -0.3 is 9.64 Å². The molecule has 4 heterocycles. The Labute approximate surface area is 149 Å². The standard InChI is InChI=1S/C15H21F3N4O3S/c1-20-13(4-12(19-20)15(16,17)18)26(23,24)22-9-14(10-22)7-21(8-14)5-11-2-3-25-6-11/h4,11H,2-3,5-10H2,1H3. The first-order valence-corrected chi connectivity index (χ1v) is 9.95. The minimum Gasteiger partial charge on any atom is -0.381 e. The van der Waals surface area contributed by atoms with Crippen molar-refractivity contribution in [3.63, 3.8) is 0 Å². The number of halogens is 3. The zero-order valence-corrected chi connectivity index (χ0v) is 15.2. The summed E-state index contributed by atoms with van der Waals surface area (Å²) < 4.78 is 71.0. The van der Waals surface area contributed by atoms with E-state index in [-0.39, 0.29) is 5.41 Å². The molecule has 1 atom stereocenters. The minimum absolute atomic E-state index is 0.0576. The van der Waals surface area contributed by atoms with E-state index in [4.69, 9.17) is 4.74 Å². The number of nitrogens with zero attached hydrogens (tertiary/aromatic N) is 4. The van der Waals surface area contributed by atoms with Crippen LogP contribution in [0, 0.1) is 11.3 Å². The lowest BCUT2D eigenvalue weighted by Crippen LogP contribution is -2.73. The number of rotatable bonds is 4. The summed E-state index contributed by atoms with van der Waals surface area (Å²) >= 11 is 0. The van der Waals surface area contributed by atoms with Crippen molar-refractivity contribution >= 4 is 10.0 Å². The van der Waals surface area contributed by atoms with Crippen LogP contribution in [0.5, 0.6) is 0 Å². The van der Waals surface area contributed by atoms with Crippen LogP contribution in [0.3, 0.4) is 0 Å². The third-order valence-corrected chi connectivity index (χ3v) is 7.26. The van der Waals surface area contributed by atoms with Gasteiger partial charge >= 0.3 is 6.18 Å². The van der Waals surface area contributed by atoms with Gasteiger partial charge in [-0.05, 0) is 12.3 Å². The van der Waals surface area contributed by atoms with Gasteiger partial charge in [0.25, 0.3) is 10.0 Å². The van der Waals surface area contributed by atoms with Crippen molar-refractivity contribution in [2.45, 2.75) is 17.6 Å². The van der Waals surface area contributed by atoms with Crippen molar-refractivity contribution in [2.24, 2.45) is 18.4 Å². The number of aromatic nitrogens is 2. The van der Waals surface area contributed by atoms with Crippen molar-refractivity contribution < 1.29 is 26.3 Å². The largest absolute Gasteiger partial charge is 0.435 e. The summed E-state index contributed by atoms with van der Waals surface area (Å²) in [6, 6.07) is 0.605. The van der Waals surface area contributed by atoms with E-state index in [1.54, 1.807) is 0 Å². The topological polar surface area (TPSA) is 67.7 Å². The van der Waals surface area contributed by atoms with E-state index >= 15 is 0 Å². The van der Waals surface area contributed by atoms with Gasteiger partial charge in [0.05, 0.1) is 6.61 Å². The second-order valence-corrected chi connectivity index (χ2v) is 9.55. The van der Waals surface area contributed by atoms with E-state index in [0.29, 0.717) is 25.1 Å². The zero-order chi connectivity index (χ0) is 18.7. The molecule has 3 saturated heterocycles. The summed E-state index contributed by atoms with van der Waals surface area (Å²) in [6.45, 7) is 4.90. The summed E-state index contributed by atoms with van der Waals surface area (Å²) in [5.74, 6) is 0.544. The van der Waals surface area contributed by atoms with E-state index in [2.05, 4.69) is 10.00 Å². The first-order chi connectivity index (χ1) is 12.1. The Bertz CT molecular complexity index is 788. The Morgan fingerprint density at radius 2 is 2.00 bits per heavy atom. The summed E-state index contributed by atoms with van der Waals surface area (Å²) in [5, 5.41) is 2.88. The molecule has 7 nitrogen and oxygen atoms in total. The monoisotopic (exact) mass is 394 g/mol. The number of likely N-dealkylation sites (tertiary alicyclic amines) is 1. The van der Waals surface area contributed by atoms with E-state index in [9.17, 15) is 21.6 Å². The molecule has 26 heavy (non-hydrogen) atoms. The molecule has 3 aliphatic heterocycles. The van der Waals surface area contributed by atoms with Gasteiger partial charge in [0, 0.05) is 57.9 Å². The third kappa shape index (κ3) is 3.04. The SMILES string of the molecule is Cn1nc(C(F)(F)F)cc1S(=O)(=O)N1CC2(CN(CC3CCOC3)C2)C1. The van der Waals surface area contributed by atoms with Gasteiger partial charge in [-0.2, -0.15) is 22.6 Å². The Kier molecular flexibility index (Phi) is 4.14. The molecule has 3 aliphatic rings. The highest BCUT2D eigenvalue weighted by Crippen LogP contribution is 2.43. The van der Waals surface area contributed by atoms with Gasteiger partial charge in [-0.25, -0.2) is 8.42 Å². The maximum atomic E-state index is 12.8. The van der Waals surface area contributed by atoms with Gasteiger partial charge in [-0.15, -0.1) is 0 Å². The van der Waals surface area contributed by atoms with Crippen molar-refractivity contribution in [1.82, 2.24) is 19.0 Å². The van der Waals surface area contributed by atoms with Gasteiger partial charge in [0.2, 0.25) is 0 Å². The van der Waals surface area contributed by atoms with Crippen molar-refractivity contribution in [3.05, 3.63) is 11.8 Å². The highest BCUT2D eigenvalue weighted by molar-refractivity contribution is 7.89. The predicted octanol–water partition coefficient (Wildman–Crippen LogP) is 0.782. The van der Waals surface area contributed by atoms with Crippen LogP contribution < -0.4 is 0 Å². The first kappa shape index (κ1) is 18.2. The summed E-state index contributed by atoms with van der Waals surface area (Å²) in [6.07, 6.45) is -3.61. The lowest BCUT2D eigenvalue weighted by Gasteiger charge is -2.59. The van der Waals surface area contributed by atoms with E-state index in [1.807, 2.05) is 0 Å². The molecular weight excluding hydrogens is 373 g/mol. The minimum atomic E-state index is -4.67. The number of ether oxygens (including phenoxy) is 1. The van der Waals surface area contributed by atoms with Crippen molar-refractivity contribution in [2.75, 3.05) is 45.9 Å². The smallest absolute Gasteiger partial charge is 0.381 e. The molecule has 11 heteroatoms. The normalized spacial score (nSPS) is 26.8. The molecule has 0 amide bonds. The molecule has 146 valence electrons. The van der Waals surface area contributed by atoms with Crippen LogP contribution in [0.15, 0.2) is 11.1 Å². The molecular formula is C15H21F3N4O3S. The van der Waals surface area contributed by atoms with Gasteiger partial charge in [0.15, 0.2) is 10.7 Å². The number of hydrogen-bond acceptors (Lipinski definition) is 5. The highest BCUT2D eigenvalue weighted by atomic mass is 32.2. The summed E-state index contributed by atoms with van der Waals surface area (Å²) in [4.78, 5) is 2.30. The lowest BCUT2D eigenvalue weighted by molar-refractivity contribution is -0.141. The molecule has 1 aromatic rings. The lowest BCUT2D eigenvalue weighted by atomic mass is 9.74. The van der Waals surface area contributed by atoms with Gasteiger partial charge in [-0.1, -0.05) is 0 Å². The maximum absolute atomic E-state index is 12.8. The van der Waals surface area contributed by atoms with Gasteiger partial charge in [0.1, 0.15) is 0 Å². The molecule has 0 radical (unpaired) electrons. The van der Waals surface area contributed by atoms with Crippen LogP contribution >= 0.6 is 0 Å². The highest BCUT2D eigenvalue weighted by Gasteiger charge is 2.55. The van der Waals surface area contributed by atoms with Crippen LogP contribution in [0.4, 0.5) is 13.2 Å². The van der Waals surface area contributed by atoms with Crippen LogP contribution in [-0.4, -0.2) is 73.3 Å². The fraction of sp³-hybridized carbons (Fsp3) is 0.800. The molecule has 0 aromatic carbocycles. The van der Waals surface area contributed by atoms with E-state index < -0.39 is 26.9 Å². The summed E-state index contributed by atoms with van der Waals surface area (Å²) in [5.41, 5.74) is -1.25. The molecule has 0 N–H and O–H groups in total. The quantitative estimate of drug-likeness (QED) is 0.755. The predicted molar refractivity (Wildman–Crippen MR) is 84.8 cm³/mol. The molecule has 4 rings (SSSR count). The van der Waals surface area contributed by atoms with Crippen LogP contribution in [0.2, 0.25) is 0 Å². The average Bonchev–Trinajstić information content (AvgIpc) is 3.08. The van der Waals surface area contributed by atoms with Crippen LogP contribution in [0.25, 0.3) is 0 Å². The summed E-state index contributed by atoms with van der Waals surface area (Å²) in [7, 11) is -2.75. The molecule has 3 fully saturated rings. The third-order valence-electron chi connectivity index (χ3n) is 5.41. The fourth-order valence-electron chi connectivity index (χ4n) is 4.16.